The molecule has 0 atom stereocenters. The lowest BCUT2D eigenvalue weighted by atomic mass is 9.96. The van der Waals surface area contributed by atoms with Crippen LogP contribution in [0, 0.1) is 0 Å². The Hall–Kier alpha value is -2.34. The van der Waals surface area contributed by atoms with Crippen molar-refractivity contribution in [3.63, 3.8) is 0 Å². The minimum Gasteiger partial charge on any atom is -0.465 e. The zero-order chi connectivity index (χ0) is 19.1. The first-order valence-corrected chi connectivity index (χ1v) is 8.74. The third kappa shape index (κ3) is 3.60. The normalized spacial score (nSPS) is 14.1. The summed E-state index contributed by atoms with van der Waals surface area (Å²) >= 11 is 6.07. The van der Waals surface area contributed by atoms with Crippen LogP contribution in [0.25, 0.3) is 10.9 Å². The van der Waals surface area contributed by atoms with Crippen LogP contribution < -0.4 is 0 Å². The molecule has 26 heavy (non-hydrogen) atoms. The molecule has 1 aromatic heterocycles. The number of rotatable bonds is 1. The highest BCUT2D eigenvalue weighted by Gasteiger charge is 2.30. The van der Waals surface area contributed by atoms with Gasteiger partial charge in [0.15, 0.2) is 0 Å². The van der Waals surface area contributed by atoms with E-state index in [2.05, 4.69) is 4.98 Å². The fourth-order valence-electron chi connectivity index (χ4n) is 3.03. The van der Waals surface area contributed by atoms with Gasteiger partial charge >= 0.3 is 12.1 Å². The minimum atomic E-state index is -0.582. The average Bonchev–Trinajstić information content (AvgIpc) is 2.56. The number of carbonyl (C=O) groups is 2. The minimum absolute atomic E-state index is 0.250. The molecule has 1 aliphatic rings. The number of aromatic nitrogens is 1. The second-order valence-electron chi connectivity index (χ2n) is 7.22. The monoisotopic (exact) mass is 376 g/mol. The maximum absolute atomic E-state index is 12.5. The van der Waals surface area contributed by atoms with Crippen LogP contribution >= 0.6 is 11.6 Å². The van der Waals surface area contributed by atoms with Crippen molar-refractivity contribution in [2.45, 2.75) is 39.3 Å². The molecule has 3 rings (SSSR count). The van der Waals surface area contributed by atoms with Gasteiger partial charge in [-0.1, -0.05) is 17.7 Å². The Morgan fingerprint density at radius 1 is 1.27 bits per heavy atom. The van der Waals surface area contributed by atoms with Crippen molar-refractivity contribution in [2.24, 2.45) is 0 Å². The van der Waals surface area contributed by atoms with Crippen LogP contribution in [0.4, 0.5) is 4.79 Å². The van der Waals surface area contributed by atoms with Crippen molar-refractivity contribution >= 4 is 34.6 Å². The van der Waals surface area contributed by atoms with Gasteiger partial charge in [-0.2, -0.15) is 0 Å². The van der Waals surface area contributed by atoms with Gasteiger partial charge in [-0.3, -0.25) is 4.98 Å². The van der Waals surface area contributed by atoms with Crippen LogP contribution in [-0.2, 0) is 22.4 Å². The summed E-state index contributed by atoms with van der Waals surface area (Å²) in [5.74, 6) is -0.456. The summed E-state index contributed by atoms with van der Waals surface area (Å²) in [5.41, 5.74) is 1.96. The number of carbonyl (C=O) groups excluding carboxylic acids is 2. The highest BCUT2D eigenvalue weighted by molar-refractivity contribution is 6.31. The van der Waals surface area contributed by atoms with Gasteiger partial charge in [-0.15, -0.1) is 0 Å². The number of hydrogen-bond donors (Lipinski definition) is 0. The molecule has 0 radical (unpaired) electrons. The van der Waals surface area contributed by atoms with E-state index in [1.807, 2.05) is 20.8 Å². The molecule has 0 aliphatic carbocycles. The highest BCUT2D eigenvalue weighted by Crippen LogP contribution is 2.30. The Morgan fingerprint density at radius 3 is 2.65 bits per heavy atom. The van der Waals surface area contributed by atoms with E-state index in [-0.39, 0.29) is 6.54 Å². The van der Waals surface area contributed by atoms with Crippen molar-refractivity contribution in [2.75, 3.05) is 13.7 Å². The number of pyridine rings is 1. The summed E-state index contributed by atoms with van der Waals surface area (Å²) in [7, 11) is 1.34. The molecular formula is C19H21ClN2O4. The molecule has 2 heterocycles. The zero-order valence-corrected chi connectivity index (χ0v) is 16.0. The third-order valence-electron chi connectivity index (χ3n) is 4.14. The van der Waals surface area contributed by atoms with Gasteiger partial charge in [0.25, 0.3) is 0 Å². The van der Waals surface area contributed by atoms with Crippen LogP contribution in [0.5, 0.6) is 0 Å². The van der Waals surface area contributed by atoms with E-state index >= 15 is 0 Å². The van der Waals surface area contributed by atoms with Crippen LogP contribution in [0.2, 0.25) is 5.02 Å². The number of fused-ring (bicyclic) bond motifs is 2. The van der Waals surface area contributed by atoms with Gasteiger partial charge < -0.3 is 14.4 Å². The largest absolute Gasteiger partial charge is 0.465 e. The first-order valence-electron chi connectivity index (χ1n) is 8.37. The molecule has 0 bridgehead atoms. The van der Waals surface area contributed by atoms with Crippen molar-refractivity contribution < 1.29 is 19.1 Å². The summed E-state index contributed by atoms with van der Waals surface area (Å²) in [5, 5.41) is 1.21. The number of ether oxygens (including phenoxy) is 2. The number of benzene rings is 1. The molecule has 0 spiro atoms. The maximum Gasteiger partial charge on any atom is 0.410 e. The number of hydrogen-bond acceptors (Lipinski definition) is 5. The topological polar surface area (TPSA) is 68.7 Å². The Bertz CT molecular complexity index is 889. The average molecular weight is 377 g/mol. The third-order valence-corrected chi connectivity index (χ3v) is 4.38. The second-order valence-corrected chi connectivity index (χ2v) is 7.65. The molecule has 1 aliphatic heterocycles. The fraction of sp³-hybridized carbons (Fsp3) is 0.421. The summed E-state index contributed by atoms with van der Waals surface area (Å²) in [6.45, 7) is 6.19. The van der Waals surface area contributed by atoms with E-state index < -0.39 is 17.7 Å². The molecule has 0 fully saturated rings. The van der Waals surface area contributed by atoms with Gasteiger partial charge in [-0.25, -0.2) is 9.59 Å². The fourth-order valence-corrected chi connectivity index (χ4v) is 3.20. The Labute approximate surface area is 157 Å². The Morgan fingerprint density at radius 2 is 2.00 bits per heavy atom. The first-order chi connectivity index (χ1) is 12.2. The van der Waals surface area contributed by atoms with E-state index in [0.29, 0.717) is 40.0 Å². The number of methoxy groups -OCH3 is 1. The molecule has 6 nitrogen and oxygen atoms in total. The van der Waals surface area contributed by atoms with E-state index in [1.165, 1.54) is 7.11 Å². The molecular weight excluding hydrogens is 356 g/mol. The molecule has 0 N–H and O–H groups in total. The van der Waals surface area contributed by atoms with Crippen LogP contribution in [0.15, 0.2) is 18.2 Å². The Balaban J connectivity index is 2.07. The molecule has 138 valence electrons. The van der Waals surface area contributed by atoms with Gasteiger partial charge in [0.05, 0.1) is 24.7 Å². The van der Waals surface area contributed by atoms with E-state index in [1.54, 1.807) is 23.1 Å². The molecule has 2 aromatic rings. The van der Waals surface area contributed by atoms with Crippen molar-refractivity contribution in [3.8, 4) is 0 Å². The van der Waals surface area contributed by atoms with Gasteiger partial charge in [0, 0.05) is 34.6 Å². The number of amides is 1. The van der Waals surface area contributed by atoms with Gasteiger partial charge in [-0.05, 0) is 32.9 Å². The predicted octanol–water partition coefficient (Wildman–Crippen LogP) is 3.97. The number of nitrogens with zero attached hydrogens (tertiary/aromatic N) is 2. The Kier molecular flexibility index (Phi) is 4.80. The maximum atomic E-state index is 12.5. The number of halogens is 1. The summed E-state index contributed by atoms with van der Waals surface area (Å²) in [6.07, 6.45) is 0.122. The molecule has 0 saturated carbocycles. The summed E-state index contributed by atoms with van der Waals surface area (Å²) < 4.78 is 10.4. The summed E-state index contributed by atoms with van der Waals surface area (Å²) in [6, 6.07) is 5.19. The number of esters is 1. The van der Waals surface area contributed by atoms with Crippen molar-refractivity contribution in [1.82, 2.24) is 9.88 Å². The van der Waals surface area contributed by atoms with Crippen molar-refractivity contribution in [1.29, 1.82) is 0 Å². The SMILES string of the molecule is COC(=O)c1c2c(nc3cc(Cl)ccc13)CCN(C(=O)OC(C)(C)C)C2. The van der Waals surface area contributed by atoms with Gasteiger partial charge in [0.1, 0.15) is 5.60 Å². The van der Waals surface area contributed by atoms with Crippen LogP contribution in [0.3, 0.4) is 0 Å². The lowest BCUT2D eigenvalue weighted by Crippen LogP contribution is -2.40. The van der Waals surface area contributed by atoms with Gasteiger partial charge in [0.2, 0.25) is 0 Å². The molecule has 0 saturated heterocycles. The summed E-state index contributed by atoms with van der Waals surface area (Å²) in [4.78, 5) is 31.1. The molecule has 1 amide bonds. The lowest BCUT2D eigenvalue weighted by Gasteiger charge is -2.31. The van der Waals surface area contributed by atoms with E-state index in [9.17, 15) is 9.59 Å². The molecule has 1 aromatic carbocycles. The highest BCUT2D eigenvalue weighted by atomic mass is 35.5. The molecule has 0 unspecified atom stereocenters. The lowest BCUT2D eigenvalue weighted by molar-refractivity contribution is 0.0220. The standard InChI is InChI=1S/C19H21ClN2O4/c1-19(2,3)26-18(24)22-8-7-14-13(10-22)16(17(23)25-4)12-6-5-11(20)9-15(12)21-14/h5-6,9H,7-8,10H2,1-4H3. The first kappa shape index (κ1) is 18.5. The predicted molar refractivity (Wildman–Crippen MR) is 98.4 cm³/mol. The van der Waals surface area contributed by atoms with Crippen LogP contribution in [0.1, 0.15) is 42.4 Å². The smallest absolute Gasteiger partial charge is 0.410 e. The van der Waals surface area contributed by atoms with E-state index in [0.717, 1.165) is 5.69 Å². The quantitative estimate of drug-likeness (QED) is 0.704. The van der Waals surface area contributed by atoms with E-state index in [4.69, 9.17) is 21.1 Å². The van der Waals surface area contributed by atoms with Crippen molar-refractivity contribution in [3.05, 3.63) is 40.0 Å². The van der Waals surface area contributed by atoms with Crippen LogP contribution in [-0.4, -0.2) is 41.2 Å². The molecule has 7 heteroatoms. The zero-order valence-electron chi connectivity index (χ0n) is 15.3. The second kappa shape index (κ2) is 6.76.